The van der Waals surface area contributed by atoms with E-state index in [1.165, 1.54) is 12.1 Å². The van der Waals surface area contributed by atoms with Gasteiger partial charge in [-0.05, 0) is 63.6 Å². The van der Waals surface area contributed by atoms with Crippen molar-refractivity contribution >= 4 is 16.8 Å². The number of benzene rings is 1. The summed E-state index contributed by atoms with van der Waals surface area (Å²) in [4.78, 5) is 14.8. The van der Waals surface area contributed by atoms with Crippen LogP contribution < -0.4 is 0 Å². The van der Waals surface area contributed by atoms with Crippen LogP contribution in [0.1, 0.15) is 38.3 Å². The van der Waals surface area contributed by atoms with E-state index >= 15 is 0 Å². The summed E-state index contributed by atoms with van der Waals surface area (Å²) in [5, 5.41) is 5.13. The zero-order chi connectivity index (χ0) is 21.3. The van der Waals surface area contributed by atoms with Crippen LogP contribution in [0.2, 0.25) is 0 Å². The fourth-order valence-corrected chi connectivity index (χ4v) is 4.80. The molecule has 4 rings (SSSR count). The van der Waals surface area contributed by atoms with Crippen LogP contribution in [0.15, 0.2) is 58.7 Å². The third kappa shape index (κ3) is 3.55. The molecule has 2 aromatic rings. The summed E-state index contributed by atoms with van der Waals surface area (Å²) in [6.07, 6.45) is 10.8. The standard InChI is InChI=1S/C24H27FN2O3/c1-4-12-24(2,19-6-5-7-20(28)23(19)29-3)27-13-10-16(11-14-27)22-18-9-8-17(25)15-21(18)30-26-22/h4-9,12,15-16,23H,10-11,13-14H2,1-3H3. The van der Waals surface area contributed by atoms with Crippen LogP contribution in [0.25, 0.3) is 11.0 Å². The van der Waals surface area contributed by atoms with Gasteiger partial charge in [-0.15, -0.1) is 0 Å². The number of ketones is 1. The second-order valence-electron chi connectivity index (χ2n) is 8.12. The number of carbonyl (C=O) groups is 1. The molecule has 30 heavy (non-hydrogen) atoms. The number of hydrogen-bond donors (Lipinski definition) is 0. The van der Waals surface area contributed by atoms with E-state index in [9.17, 15) is 9.18 Å². The van der Waals surface area contributed by atoms with Crippen molar-refractivity contribution in [3.8, 4) is 0 Å². The Bertz CT molecular complexity index is 1030. The van der Waals surface area contributed by atoms with Gasteiger partial charge in [-0.3, -0.25) is 9.69 Å². The number of methoxy groups -OCH3 is 1. The van der Waals surface area contributed by atoms with E-state index in [0.29, 0.717) is 5.58 Å². The first-order valence-electron chi connectivity index (χ1n) is 10.4. The Morgan fingerprint density at radius 3 is 2.80 bits per heavy atom. The highest BCUT2D eigenvalue weighted by molar-refractivity contribution is 5.98. The first kappa shape index (κ1) is 20.7. The fraction of sp³-hybridized carbons (Fsp3) is 0.417. The maximum absolute atomic E-state index is 13.5. The molecular weight excluding hydrogens is 383 g/mol. The summed E-state index contributed by atoms with van der Waals surface area (Å²) >= 11 is 0. The van der Waals surface area contributed by atoms with Crippen molar-refractivity contribution in [1.82, 2.24) is 10.1 Å². The molecule has 1 aromatic carbocycles. The minimum absolute atomic E-state index is 0.0260. The van der Waals surface area contributed by atoms with Crippen LogP contribution in [-0.2, 0) is 9.53 Å². The number of likely N-dealkylation sites (tertiary alicyclic amines) is 1. The average Bonchev–Trinajstić information content (AvgIpc) is 3.16. The first-order valence-corrected chi connectivity index (χ1v) is 10.4. The van der Waals surface area contributed by atoms with Crippen molar-refractivity contribution in [2.75, 3.05) is 20.2 Å². The summed E-state index contributed by atoms with van der Waals surface area (Å²) in [5.41, 5.74) is 1.93. The molecule has 0 N–H and O–H groups in total. The minimum Gasteiger partial charge on any atom is -0.369 e. The van der Waals surface area contributed by atoms with Crippen molar-refractivity contribution in [2.24, 2.45) is 0 Å². The van der Waals surface area contributed by atoms with Crippen LogP contribution in [0.4, 0.5) is 4.39 Å². The summed E-state index contributed by atoms with van der Waals surface area (Å²) in [7, 11) is 1.58. The molecule has 1 aliphatic heterocycles. The smallest absolute Gasteiger partial charge is 0.188 e. The van der Waals surface area contributed by atoms with Gasteiger partial charge in [0.25, 0.3) is 0 Å². The predicted octanol–water partition coefficient (Wildman–Crippen LogP) is 4.56. The van der Waals surface area contributed by atoms with E-state index in [2.05, 4.69) is 23.1 Å². The molecule has 2 atom stereocenters. The topological polar surface area (TPSA) is 55.6 Å². The van der Waals surface area contributed by atoms with Gasteiger partial charge in [0.1, 0.15) is 11.9 Å². The second kappa shape index (κ2) is 8.28. The summed E-state index contributed by atoms with van der Waals surface area (Å²) in [6.45, 7) is 5.82. The van der Waals surface area contributed by atoms with Crippen molar-refractivity contribution < 1.29 is 18.4 Å². The van der Waals surface area contributed by atoms with Crippen molar-refractivity contribution in [1.29, 1.82) is 0 Å². The molecule has 1 aromatic heterocycles. The Kier molecular flexibility index (Phi) is 5.71. The maximum Gasteiger partial charge on any atom is 0.188 e. The molecule has 2 unspecified atom stereocenters. The molecule has 0 bridgehead atoms. The summed E-state index contributed by atoms with van der Waals surface area (Å²) in [5.74, 6) is -0.0935. The Hall–Kier alpha value is -2.57. The third-order valence-electron chi connectivity index (χ3n) is 6.39. The zero-order valence-electron chi connectivity index (χ0n) is 17.6. The molecule has 158 valence electrons. The number of halogens is 1. The van der Waals surface area contributed by atoms with E-state index < -0.39 is 11.6 Å². The zero-order valence-corrected chi connectivity index (χ0v) is 17.6. The Morgan fingerprint density at radius 2 is 2.10 bits per heavy atom. The molecule has 1 fully saturated rings. The molecule has 6 heteroatoms. The van der Waals surface area contributed by atoms with E-state index in [0.717, 1.165) is 42.6 Å². The number of ether oxygens (including phenoxy) is 1. The maximum atomic E-state index is 13.5. The first-order chi connectivity index (χ1) is 14.5. The van der Waals surface area contributed by atoms with Gasteiger partial charge in [0, 0.05) is 24.5 Å². The molecule has 0 spiro atoms. The van der Waals surface area contributed by atoms with Gasteiger partial charge in [0.05, 0.1) is 11.2 Å². The quantitative estimate of drug-likeness (QED) is 0.677. The Morgan fingerprint density at radius 1 is 1.33 bits per heavy atom. The highest BCUT2D eigenvalue weighted by Gasteiger charge is 2.41. The molecule has 0 saturated carbocycles. The number of rotatable bonds is 5. The lowest BCUT2D eigenvalue weighted by atomic mass is 9.79. The SMILES string of the molecule is CC=CC(C)(C1=CC=CC(=O)C1OC)N1CCC(c2noc3cc(F)ccc23)CC1. The van der Waals surface area contributed by atoms with Crippen molar-refractivity contribution in [2.45, 2.75) is 44.2 Å². The number of fused-ring (bicyclic) bond motifs is 1. The van der Waals surface area contributed by atoms with Crippen molar-refractivity contribution in [3.05, 3.63) is 65.7 Å². The minimum atomic E-state index is -0.566. The molecule has 0 amide bonds. The molecule has 2 heterocycles. The number of aromatic nitrogens is 1. The van der Waals surface area contributed by atoms with Gasteiger partial charge in [-0.2, -0.15) is 0 Å². The summed E-state index contributed by atoms with van der Waals surface area (Å²) < 4.78 is 24.4. The largest absolute Gasteiger partial charge is 0.369 e. The van der Waals surface area contributed by atoms with Crippen LogP contribution in [-0.4, -0.2) is 47.7 Å². The van der Waals surface area contributed by atoms with Crippen LogP contribution >= 0.6 is 0 Å². The van der Waals surface area contributed by atoms with E-state index in [-0.39, 0.29) is 17.5 Å². The molecule has 2 aliphatic rings. The normalized spacial score (nSPS) is 23.3. The third-order valence-corrected chi connectivity index (χ3v) is 6.39. The van der Waals surface area contributed by atoms with Gasteiger partial charge in [-0.25, -0.2) is 4.39 Å². The van der Waals surface area contributed by atoms with Gasteiger partial charge in [-0.1, -0.05) is 29.5 Å². The van der Waals surface area contributed by atoms with Gasteiger partial charge >= 0.3 is 0 Å². The van der Waals surface area contributed by atoms with Gasteiger partial charge in [0.15, 0.2) is 11.4 Å². The van der Waals surface area contributed by atoms with E-state index in [1.54, 1.807) is 19.3 Å². The fourth-order valence-electron chi connectivity index (χ4n) is 4.80. The van der Waals surface area contributed by atoms with E-state index in [4.69, 9.17) is 9.26 Å². The lowest BCUT2D eigenvalue weighted by molar-refractivity contribution is -0.122. The molecule has 1 aliphatic carbocycles. The lowest BCUT2D eigenvalue weighted by Crippen LogP contribution is -2.53. The lowest BCUT2D eigenvalue weighted by Gasteiger charge is -2.46. The summed E-state index contributed by atoms with van der Waals surface area (Å²) in [6, 6.07) is 4.59. The predicted molar refractivity (Wildman–Crippen MR) is 114 cm³/mol. The van der Waals surface area contributed by atoms with Gasteiger partial charge in [0.2, 0.25) is 0 Å². The molecule has 1 saturated heterocycles. The Labute approximate surface area is 175 Å². The molecule has 5 nitrogen and oxygen atoms in total. The van der Waals surface area contributed by atoms with Crippen molar-refractivity contribution in [3.63, 3.8) is 0 Å². The Balaban J connectivity index is 1.57. The molecule has 0 radical (unpaired) electrons. The number of hydrogen-bond acceptors (Lipinski definition) is 5. The van der Waals surface area contributed by atoms with Crippen LogP contribution in [0.3, 0.4) is 0 Å². The highest BCUT2D eigenvalue weighted by Crippen LogP contribution is 2.38. The highest BCUT2D eigenvalue weighted by atomic mass is 19.1. The van der Waals surface area contributed by atoms with E-state index in [1.807, 2.05) is 25.2 Å². The number of carbonyl (C=O) groups excluding carboxylic acids is 1. The number of piperidine rings is 1. The van der Waals surface area contributed by atoms with Gasteiger partial charge < -0.3 is 9.26 Å². The number of nitrogens with zero attached hydrogens (tertiary/aromatic N) is 2. The monoisotopic (exact) mass is 410 g/mol. The second-order valence-corrected chi connectivity index (χ2v) is 8.12. The average molecular weight is 410 g/mol. The van der Waals surface area contributed by atoms with Crippen LogP contribution in [0, 0.1) is 5.82 Å². The number of allylic oxidation sites excluding steroid dienone is 3. The molecular formula is C24H27FN2O3. The van der Waals surface area contributed by atoms with Crippen LogP contribution in [0.5, 0.6) is 0 Å².